The molecule has 1 aromatic heterocycles. The van der Waals surface area contributed by atoms with Gasteiger partial charge in [0, 0.05) is 23.6 Å². The van der Waals surface area contributed by atoms with E-state index in [0.29, 0.717) is 17.9 Å². The number of aryl methyl sites for hydroxylation is 1. The van der Waals surface area contributed by atoms with Gasteiger partial charge in [-0.25, -0.2) is 9.59 Å². The number of hydrogen-bond donors (Lipinski definition) is 0. The Hall–Kier alpha value is -2.50. The molecule has 0 amide bonds. The third-order valence-corrected chi connectivity index (χ3v) is 3.79. The zero-order valence-corrected chi connectivity index (χ0v) is 14.0. The van der Waals surface area contributed by atoms with Crippen LogP contribution in [0.25, 0.3) is 10.9 Å². The summed E-state index contributed by atoms with van der Waals surface area (Å²) in [5.74, 6) is -0.333. The molecule has 1 heterocycles. The van der Waals surface area contributed by atoms with Crippen molar-refractivity contribution in [2.24, 2.45) is 7.05 Å². The minimum absolute atomic E-state index is 0.310. The fraction of sp³-hybridized carbons (Fsp3) is 0.412. The number of esters is 2. The van der Waals surface area contributed by atoms with Crippen LogP contribution in [0.5, 0.6) is 5.75 Å². The minimum atomic E-state index is -0.728. The summed E-state index contributed by atoms with van der Waals surface area (Å²) in [4.78, 5) is 23.7. The largest absolute Gasteiger partial charge is 0.479 e. The van der Waals surface area contributed by atoms with Crippen LogP contribution in [-0.4, -0.2) is 36.3 Å². The van der Waals surface area contributed by atoms with Gasteiger partial charge in [-0.15, -0.1) is 0 Å². The van der Waals surface area contributed by atoms with Crippen molar-refractivity contribution in [3.8, 4) is 5.75 Å². The third-order valence-electron chi connectivity index (χ3n) is 3.79. The maximum atomic E-state index is 12.2. The van der Waals surface area contributed by atoms with Crippen LogP contribution in [0.1, 0.15) is 29.9 Å². The average molecular weight is 319 g/mol. The lowest BCUT2D eigenvalue weighted by molar-refractivity contribution is -0.147. The number of aromatic nitrogens is 1. The van der Waals surface area contributed by atoms with Crippen molar-refractivity contribution in [1.29, 1.82) is 0 Å². The monoisotopic (exact) mass is 319 g/mol. The molecule has 6 heteroatoms. The molecular weight excluding hydrogens is 298 g/mol. The molecule has 1 atom stereocenters. The SMILES string of the molecule is CCOC(=O)c1c(C)n(C)c2ccc(O[C@H](C)C(=O)OC)cc12. The molecule has 0 N–H and O–H groups in total. The van der Waals surface area contributed by atoms with Gasteiger partial charge in [-0.3, -0.25) is 0 Å². The first-order valence-electron chi connectivity index (χ1n) is 7.41. The second-order valence-corrected chi connectivity index (χ2v) is 5.20. The van der Waals surface area contributed by atoms with Crippen molar-refractivity contribution in [1.82, 2.24) is 4.57 Å². The number of carbonyl (C=O) groups excluding carboxylic acids is 2. The number of ether oxygens (including phenoxy) is 3. The fourth-order valence-electron chi connectivity index (χ4n) is 2.50. The summed E-state index contributed by atoms with van der Waals surface area (Å²) in [5, 5.41) is 0.734. The van der Waals surface area contributed by atoms with E-state index in [0.717, 1.165) is 16.6 Å². The highest BCUT2D eigenvalue weighted by Crippen LogP contribution is 2.29. The first kappa shape index (κ1) is 16.9. The van der Waals surface area contributed by atoms with E-state index in [1.807, 2.05) is 24.6 Å². The van der Waals surface area contributed by atoms with Gasteiger partial charge in [-0.1, -0.05) is 0 Å². The molecule has 0 aliphatic heterocycles. The molecule has 6 nitrogen and oxygen atoms in total. The molecule has 0 aliphatic carbocycles. The van der Waals surface area contributed by atoms with E-state index in [9.17, 15) is 9.59 Å². The molecule has 23 heavy (non-hydrogen) atoms. The van der Waals surface area contributed by atoms with Gasteiger partial charge in [0.1, 0.15) is 5.75 Å². The quantitative estimate of drug-likeness (QED) is 0.793. The van der Waals surface area contributed by atoms with Crippen molar-refractivity contribution >= 4 is 22.8 Å². The van der Waals surface area contributed by atoms with Crippen LogP contribution in [0.3, 0.4) is 0 Å². The lowest BCUT2D eigenvalue weighted by Crippen LogP contribution is -2.24. The minimum Gasteiger partial charge on any atom is -0.479 e. The predicted molar refractivity (Wildman–Crippen MR) is 85.7 cm³/mol. The van der Waals surface area contributed by atoms with Crippen LogP contribution < -0.4 is 4.74 Å². The van der Waals surface area contributed by atoms with Gasteiger partial charge in [0.2, 0.25) is 0 Å². The Morgan fingerprint density at radius 3 is 2.61 bits per heavy atom. The Morgan fingerprint density at radius 1 is 1.30 bits per heavy atom. The summed E-state index contributed by atoms with van der Waals surface area (Å²) in [5.41, 5.74) is 2.22. The van der Waals surface area contributed by atoms with Crippen LogP contribution in [0.15, 0.2) is 18.2 Å². The fourth-order valence-corrected chi connectivity index (χ4v) is 2.50. The third kappa shape index (κ3) is 3.16. The smallest absolute Gasteiger partial charge is 0.346 e. The van der Waals surface area contributed by atoms with Crippen molar-refractivity contribution in [3.63, 3.8) is 0 Å². The Labute approximate surface area is 134 Å². The zero-order chi connectivity index (χ0) is 17.1. The van der Waals surface area contributed by atoms with Crippen molar-refractivity contribution in [3.05, 3.63) is 29.5 Å². The number of hydrogen-bond acceptors (Lipinski definition) is 5. The average Bonchev–Trinajstić information content (AvgIpc) is 2.77. The molecule has 0 unspecified atom stereocenters. The van der Waals surface area contributed by atoms with Crippen LogP contribution >= 0.6 is 0 Å². The molecule has 0 aliphatic rings. The summed E-state index contributed by atoms with van der Waals surface area (Å²) in [6.45, 7) is 5.55. The molecule has 1 aromatic carbocycles. The van der Waals surface area contributed by atoms with E-state index in [2.05, 4.69) is 4.74 Å². The number of rotatable bonds is 5. The van der Waals surface area contributed by atoms with Crippen LogP contribution in [0, 0.1) is 6.92 Å². The van der Waals surface area contributed by atoms with E-state index in [-0.39, 0.29) is 5.97 Å². The van der Waals surface area contributed by atoms with E-state index < -0.39 is 12.1 Å². The number of methoxy groups -OCH3 is 1. The van der Waals surface area contributed by atoms with E-state index in [1.165, 1.54) is 7.11 Å². The first-order chi connectivity index (χ1) is 10.9. The van der Waals surface area contributed by atoms with Crippen molar-refractivity contribution in [2.75, 3.05) is 13.7 Å². The lowest BCUT2D eigenvalue weighted by atomic mass is 10.1. The standard InChI is InChI=1S/C17H21NO5/c1-6-22-17(20)15-10(2)18(4)14-8-7-12(9-13(14)15)23-11(3)16(19)21-5/h7-9,11H,6H2,1-5H3/t11-/m1/s1. The van der Waals surface area contributed by atoms with Gasteiger partial charge in [-0.05, 0) is 39.0 Å². The molecule has 2 rings (SSSR count). The Balaban J connectivity index is 2.47. The number of fused-ring (bicyclic) bond motifs is 1. The number of nitrogens with zero attached hydrogens (tertiary/aromatic N) is 1. The molecule has 124 valence electrons. The highest BCUT2D eigenvalue weighted by molar-refractivity contribution is 6.06. The van der Waals surface area contributed by atoms with Gasteiger partial charge >= 0.3 is 11.9 Å². The van der Waals surface area contributed by atoms with Gasteiger partial charge < -0.3 is 18.8 Å². The van der Waals surface area contributed by atoms with Crippen LogP contribution in [0.4, 0.5) is 0 Å². The van der Waals surface area contributed by atoms with E-state index >= 15 is 0 Å². The normalized spacial score (nSPS) is 12.0. The van der Waals surface area contributed by atoms with E-state index in [1.54, 1.807) is 26.0 Å². The maximum absolute atomic E-state index is 12.2. The summed E-state index contributed by atoms with van der Waals surface area (Å²) < 4.78 is 17.3. The molecule has 0 spiro atoms. The van der Waals surface area contributed by atoms with Crippen molar-refractivity contribution in [2.45, 2.75) is 26.9 Å². The topological polar surface area (TPSA) is 66.8 Å². The molecule has 2 aromatic rings. The maximum Gasteiger partial charge on any atom is 0.346 e. The van der Waals surface area contributed by atoms with Crippen LogP contribution in [0.2, 0.25) is 0 Å². The summed E-state index contributed by atoms with van der Waals surface area (Å²) in [6, 6.07) is 5.36. The highest BCUT2D eigenvalue weighted by Gasteiger charge is 2.21. The summed E-state index contributed by atoms with van der Waals surface area (Å²) >= 11 is 0. The summed E-state index contributed by atoms with van der Waals surface area (Å²) in [7, 11) is 3.20. The first-order valence-corrected chi connectivity index (χ1v) is 7.41. The molecule has 0 bridgehead atoms. The molecule has 0 radical (unpaired) electrons. The molecule has 0 saturated carbocycles. The Bertz CT molecular complexity index is 747. The predicted octanol–water partition coefficient (Wildman–Crippen LogP) is 2.60. The molecular formula is C17H21NO5. The highest BCUT2D eigenvalue weighted by atomic mass is 16.6. The van der Waals surface area contributed by atoms with Gasteiger partial charge in [0.15, 0.2) is 6.10 Å². The molecule has 0 fully saturated rings. The van der Waals surface area contributed by atoms with Gasteiger partial charge in [0.25, 0.3) is 0 Å². The van der Waals surface area contributed by atoms with Gasteiger partial charge in [-0.2, -0.15) is 0 Å². The number of carbonyl (C=O) groups is 2. The second-order valence-electron chi connectivity index (χ2n) is 5.20. The van der Waals surface area contributed by atoms with Crippen molar-refractivity contribution < 1.29 is 23.8 Å². The zero-order valence-electron chi connectivity index (χ0n) is 14.0. The Kier molecular flexibility index (Phi) is 4.93. The Morgan fingerprint density at radius 2 is 2.00 bits per heavy atom. The van der Waals surface area contributed by atoms with E-state index in [4.69, 9.17) is 9.47 Å². The van der Waals surface area contributed by atoms with Crippen LogP contribution in [-0.2, 0) is 21.3 Å². The summed E-state index contributed by atoms with van der Waals surface area (Å²) in [6.07, 6.45) is -0.728. The number of benzene rings is 1. The molecule has 0 saturated heterocycles. The second kappa shape index (κ2) is 6.73. The van der Waals surface area contributed by atoms with Gasteiger partial charge in [0.05, 0.1) is 19.3 Å². The lowest BCUT2D eigenvalue weighted by Gasteiger charge is -2.12.